The molecule has 28 heavy (non-hydrogen) atoms. The van der Waals surface area contributed by atoms with Crippen molar-refractivity contribution in [2.45, 2.75) is 44.5 Å². The number of halogens is 3. The summed E-state index contributed by atoms with van der Waals surface area (Å²) in [6, 6.07) is 6.47. The average molecular weight is 399 g/mol. The zero-order valence-corrected chi connectivity index (χ0v) is 16.0. The Bertz CT molecular complexity index is 623. The second-order valence-corrected chi connectivity index (χ2v) is 7.54. The van der Waals surface area contributed by atoms with Crippen molar-refractivity contribution in [3.8, 4) is 5.75 Å². The van der Waals surface area contributed by atoms with Crippen LogP contribution in [0.3, 0.4) is 0 Å². The molecule has 8 heteroatoms. The highest BCUT2D eigenvalue weighted by Gasteiger charge is 2.31. The first-order valence-electron chi connectivity index (χ1n) is 9.97. The van der Waals surface area contributed by atoms with Crippen molar-refractivity contribution in [1.82, 2.24) is 15.1 Å². The molecule has 3 rings (SSSR count). The molecule has 1 aliphatic heterocycles. The van der Waals surface area contributed by atoms with Crippen LogP contribution in [-0.2, 0) is 11.2 Å². The third-order valence-corrected chi connectivity index (χ3v) is 5.51. The van der Waals surface area contributed by atoms with E-state index in [9.17, 15) is 18.0 Å². The summed E-state index contributed by atoms with van der Waals surface area (Å²) in [5, 5.41) is 2.89. The van der Waals surface area contributed by atoms with Gasteiger partial charge in [-0.1, -0.05) is 25.0 Å². The maximum Gasteiger partial charge on any atom is 0.573 e. The number of carbonyl (C=O) groups excluding carboxylic acids is 1. The Balaban J connectivity index is 1.31. The van der Waals surface area contributed by atoms with Gasteiger partial charge in [0.15, 0.2) is 0 Å². The smallest absolute Gasteiger partial charge is 0.406 e. The first-order valence-corrected chi connectivity index (χ1v) is 9.97. The van der Waals surface area contributed by atoms with Gasteiger partial charge in [0.2, 0.25) is 5.91 Å². The number of nitrogens with one attached hydrogen (secondary N) is 1. The highest BCUT2D eigenvalue weighted by atomic mass is 19.4. The van der Waals surface area contributed by atoms with E-state index in [-0.39, 0.29) is 11.7 Å². The quantitative estimate of drug-likeness (QED) is 0.766. The van der Waals surface area contributed by atoms with Crippen molar-refractivity contribution < 1.29 is 22.7 Å². The zero-order valence-electron chi connectivity index (χ0n) is 16.0. The fourth-order valence-corrected chi connectivity index (χ4v) is 4.02. The molecule has 0 unspecified atom stereocenters. The lowest BCUT2D eigenvalue weighted by molar-refractivity contribution is -0.274. The Morgan fingerprint density at radius 2 is 1.71 bits per heavy atom. The minimum Gasteiger partial charge on any atom is -0.406 e. The predicted molar refractivity (Wildman–Crippen MR) is 100 cm³/mol. The van der Waals surface area contributed by atoms with Crippen LogP contribution < -0.4 is 10.1 Å². The number of alkyl halides is 3. The number of rotatable bonds is 7. The molecular formula is C20H28F3N3O2. The molecule has 1 amide bonds. The van der Waals surface area contributed by atoms with Gasteiger partial charge in [-0.2, -0.15) is 0 Å². The summed E-state index contributed by atoms with van der Waals surface area (Å²) in [5.41, 5.74) is 0.847. The second-order valence-electron chi connectivity index (χ2n) is 7.54. The SMILES string of the molecule is O=C(CN1CCN(C2CCCC2)CC1)NCCc1ccc(OC(F)(F)F)cc1. The number of hydrogen-bond donors (Lipinski definition) is 1. The fourth-order valence-electron chi connectivity index (χ4n) is 4.02. The van der Waals surface area contributed by atoms with E-state index in [0.29, 0.717) is 19.5 Å². The van der Waals surface area contributed by atoms with Crippen molar-refractivity contribution in [1.29, 1.82) is 0 Å². The van der Waals surface area contributed by atoms with Crippen LogP contribution in [0, 0.1) is 0 Å². The van der Waals surface area contributed by atoms with Crippen LogP contribution >= 0.6 is 0 Å². The fraction of sp³-hybridized carbons (Fsp3) is 0.650. The first-order chi connectivity index (χ1) is 13.4. The van der Waals surface area contributed by atoms with Gasteiger partial charge < -0.3 is 10.1 Å². The Morgan fingerprint density at radius 1 is 1.07 bits per heavy atom. The number of hydrogen-bond acceptors (Lipinski definition) is 4. The maximum atomic E-state index is 12.1. The average Bonchev–Trinajstić information content (AvgIpc) is 3.17. The summed E-state index contributed by atoms with van der Waals surface area (Å²) in [4.78, 5) is 16.9. The minimum atomic E-state index is -4.68. The van der Waals surface area contributed by atoms with Gasteiger partial charge in [-0.05, 0) is 37.0 Å². The van der Waals surface area contributed by atoms with E-state index in [4.69, 9.17) is 0 Å². The van der Waals surface area contributed by atoms with Gasteiger partial charge in [0.25, 0.3) is 0 Å². The molecule has 1 N–H and O–H groups in total. The van der Waals surface area contributed by atoms with Crippen molar-refractivity contribution in [2.24, 2.45) is 0 Å². The molecule has 1 aliphatic carbocycles. The maximum absolute atomic E-state index is 12.1. The van der Waals surface area contributed by atoms with Gasteiger partial charge in [0.1, 0.15) is 5.75 Å². The molecule has 0 radical (unpaired) electrons. The van der Waals surface area contributed by atoms with Crippen molar-refractivity contribution in [3.05, 3.63) is 29.8 Å². The van der Waals surface area contributed by atoms with Crippen LogP contribution in [0.1, 0.15) is 31.2 Å². The third kappa shape index (κ3) is 6.67. The van der Waals surface area contributed by atoms with Crippen molar-refractivity contribution >= 4 is 5.91 Å². The van der Waals surface area contributed by atoms with Gasteiger partial charge in [-0.25, -0.2) is 0 Å². The number of nitrogens with zero attached hydrogens (tertiary/aromatic N) is 2. The molecule has 2 aliphatic rings. The van der Waals surface area contributed by atoms with E-state index in [1.807, 2.05) is 0 Å². The van der Waals surface area contributed by atoms with E-state index >= 15 is 0 Å². The standard InChI is InChI=1S/C20H28F3N3O2/c21-20(22,23)28-18-7-5-16(6-8-18)9-10-24-19(27)15-25-11-13-26(14-12-25)17-3-1-2-4-17/h5-8,17H,1-4,9-15H2,(H,24,27). The molecule has 1 aromatic rings. The van der Waals surface area contributed by atoms with E-state index in [0.717, 1.165) is 37.8 Å². The number of ether oxygens (including phenoxy) is 1. The third-order valence-electron chi connectivity index (χ3n) is 5.51. The summed E-state index contributed by atoms with van der Waals surface area (Å²) >= 11 is 0. The van der Waals surface area contributed by atoms with E-state index in [2.05, 4.69) is 19.9 Å². The van der Waals surface area contributed by atoms with Gasteiger partial charge in [-0.15, -0.1) is 13.2 Å². The predicted octanol–water partition coefficient (Wildman–Crippen LogP) is 2.80. The molecular weight excluding hydrogens is 371 g/mol. The van der Waals surface area contributed by atoms with Crippen LogP contribution in [-0.4, -0.2) is 67.4 Å². The monoisotopic (exact) mass is 399 g/mol. The molecule has 156 valence electrons. The molecule has 5 nitrogen and oxygen atoms in total. The normalized spacial score (nSPS) is 19.7. The van der Waals surface area contributed by atoms with Crippen LogP contribution in [0.15, 0.2) is 24.3 Å². The summed E-state index contributed by atoms with van der Waals surface area (Å²) in [6.45, 7) is 4.76. The molecule has 0 bridgehead atoms. The summed E-state index contributed by atoms with van der Waals surface area (Å²) in [7, 11) is 0. The summed E-state index contributed by atoms with van der Waals surface area (Å²) in [5.74, 6) is -0.247. The Kier molecular flexibility index (Phi) is 7.18. The molecule has 0 aromatic heterocycles. The van der Waals surface area contributed by atoms with Gasteiger partial charge in [0.05, 0.1) is 6.54 Å². The number of piperazine rings is 1. The lowest BCUT2D eigenvalue weighted by atomic mass is 10.1. The van der Waals surface area contributed by atoms with Gasteiger partial charge in [-0.3, -0.25) is 14.6 Å². The summed E-state index contributed by atoms with van der Waals surface area (Å²) in [6.07, 6.45) is 1.18. The lowest BCUT2D eigenvalue weighted by Gasteiger charge is -2.37. The number of carbonyl (C=O) groups is 1. The Hall–Kier alpha value is -1.80. The van der Waals surface area contributed by atoms with Crippen LogP contribution in [0.5, 0.6) is 5.75 Å². The number of amides is 1. The molecule has 1 saturated carbocycles. The topological polar surface area (TPSA) is 44.8 Å². The zero-order chi connectivity index (χ0) is 20.0. The Labute approximate surface area is 163 Å². The largest absolute Gasteiger partial charge is 0.573 e. The highest BCUT2D eigenvalue weighted by Crippen LogP contribution is 2.24. The molecule has 1 saturated heterocycles. The van der Waals surface area contributed by atoms with E-state index < -0.39 is 6.36 Å². The van der Waals surface area contributed by atoms with Crippen molar-refractivity contribution in [3.63, 3.8) is 0 Å². The van der Waals surface area contributed by atoms with Crippen LogP contribution in [0.2, 0.25) is 0 Å². The van der Waals surface area contributed by atoms with Gasteiger partial charge >= 0.3 is 6.36 Å². The van der Waals surface area contributed by atoms with E-state index in [1.165, 1.54) is 37.8 Å². The summed E-state index contributed by atoms with van der Waals surface area (Å²) < 4.78 is 40.3. The number of benzene rings is 1. The Morgan fingerprint density at radius 3 is 2.32 bits per heavy atom. The molecule has 1 heterocycles. The molecule has 0 atom stereocenters. The molecule has 0 spiro atoms. The van der Waals surface area contributed by atoms with E-state index in [1.54, 1.807) is 12.1 Å². The first kappa shape index (κ1) is 20.9. The van der Waals surface area contributed by atoms with Crippen molar-refractivity contribution in [2.75, 3.05) is 39.3 Å². The minimum absolute atomic E-state index is 0.00802. The highest BCUT2D eigenvalue weighted by molar-refractivity contribution is 5.78. The second kappa shape index (κ2) is 9.60. The lowest BCUT2D eigenvalue weighted by Crippen LogP contribution is -2.51. The van der Waals surface area contributed by atoms with Crippen LogP contribution in [0.4, 0.5) is 13.2 Å². The van der Waals surface area contributed by atoms with Gasteiger partial charge in [0, 0.05) is 38.8 Å². The molecule has 1 aromatic carbocycles. The molecule has 2 fully saturated rings. The van der Waals surface area contributed by atoms with Crippen LogP contribution in [0.25, 0.3) is 0 Å².